The van der Waals surface area contributed by atoms with Crippen LogP contribution in [0.1, 0.15) is 79.1 Å². The first-order valence-corrected chi connectivity index (χ1v) is 15.3. The monoisotopic (exact) mass is 546 g/mol. The molecule has 39 heavy (non-hydrogen) atoms. The van der Waals surface area contributed by atoms with E-state index in [1.54, 1.807) is 18.4 Å². The third kappa shape index (κ3) is 6.38. The number of nitrogens with zero attached hydrogens (tertiary/aromatic N) is 2. The lowest BCUT2D eigenvalue weighted by molar-refractivity contribution is -0.124. The first-order chi connectivity index (χ1) is 18.8. The highest BCUT2D eigenvalue weighted by molar-refractivity contribution is 7.15. The van der Waals surface area contributed by atoms with Crippen molar-refractivity contribution in [3.05, 3.63) is 64.3 Å². The maximum absolute atomic E-state index is 14.0. The Kier molecular flexibility index (Phi) is 8.73. The number of ether oxygens (including phenoxy) is 1. The van der Waals surface area contributed by atoms with Gasteiger partial charge in [-0.3, -0.25) is 4.79 Å². The van der Waals surface area contributed by atoms with Crippen LogP contribution in [0.3, 0.4) is 0 Å². The average Bonchev–Trinajstić information content (AvgIpc) is 3.29. The van der Waals surface area contributed by atoms with Crippen LogP contribution in [-0.4, -0.2) is 35.8 Å². The number of hydrogen-bond acceptors (Lipinski definition) is 5. The number of hydrogen-bond donors (Lipinski definition) is 1. The van der Waals surface area contributed by atoms with Crippen LogP contribution in [0.15, 0.2) is 42.5 Å². The number of aromatic nitrogens is 1. The van der Waals surface area contributed by atoms with Crippen LogP contribution in [0.5, 0.6) is 5.75 Å². The van der Waals surface area contributed by atoms with Gasteiger partial charge in [0.05, 0.1) is 28.8 Å². The Morgan fingerprint density at radius 3 is 2.38 bits per heavy atom. The number of aliphatic hydroxyl groups is 1. The number of rotatable bonds is 7. The van der Waals surface area contributed by atoms with E-state index in [4.69, 9.17) is 4.74 Å². The molecule has 0 aliphatic heterocycles. The highest BCUT2D eigenvalue weighted by Gasteiger charge is 2.32. The summed E-state index contributed by atoms with van der Waals surface area (Å²) in [7, 11) is 1.73. The summed E-state index contributed by atoms with van der Waals surface area (Å²) in [5, 5.41) is 11.1. The fourth-order valence-corrected chi connectivity index (χ4v) is 7.49. The van der Waals surface area contributed by atoms with Gasteiger partial charge >= 0.3 is 0 Å². The summed E-state index contributed by atoms with van der Waals surface area (Å²) in [6.07, 6.45) is 7.25. The number of benzene rings is 2. The smallest absolute Gasteiger partial charge is 0.230 e. The minimum absolute atomic E-state index is 0.0111. The van der Waals surface area contributed by atoms with Crippen LogP contribution in [0.25, 0.3) is 10.4 Å². The quantitative estimate of drug-likeness (QED) is 0.331. The number of methoxy groups -OCH3 is 1. The zero-order valence-corrected chi connectivity index (χ0v) is 24.6. The summed E-state index contributed by atoms with van der Waals surface area (Å²) < 4.78 is 5.46. The Morgan fingerprint density at radius 2 is 1.74 bits per heavy atom. The van der Waals surface area contributed by atoms with E-state index in [0.29, 0.717) is 11.8 Å². The van der Waals surface area contributed by atoms with Crippen LogP contribution in [0, 0.1) is 32.6 Å². The molecule has 1 aromatic heterocycles. The molecule has 0 bridgehead atoms. The predicted octanol–water partition coefficient (Wildman–Crippen LogP) is 7.60. The SMILES string of the molecule is COc1ccc([C@H]2CC[C@H](CN(c3cccc(-c4sc(C)nc4C)c3)C(=O)[C@H]3CC[C@H](O)CC3)CC2)cc1C. The van der Waals surface area contributed by atoms with Crippen LogP contribution in [0.4, 0.5) is 5.69 Å². The number of aryl methyl sites for hydroxylation is 3. The second-order valence-corrected chi connectivity index (χ2v) is 12.8. The van der Waals surface area contributed by atoms with Crippen molar-refractivity contribution in [3.8, 4) is 16.2 Å². The molecule has 2 saturated carbocycles. The summed E-state index contributed by atoms with van der Waals surface area (Å²) in [6.45, 7) is 6.98. The molecule has 0 spiro atoms. The molecule has 5 rings (SSSR count). The van der Waals surface area contributed by atoms with Crippen LogP contribution in [0.2, 0.25) is 0 Å². The number of thiazole rings is 1. The molecule has 208 valence electrons. The molecule has 2 aliphatic carbocycles. The number of anilines is 1. The Balaban J connectivity index is 1.34. The van der Waals surface area contributed by atoms with Crippen LogP contribution < -0.4 is 9.64 Å². The first-order valence-electron chi connectivity index (χ1n) is 14.5. The molecule has 0 saturated heterocycles. The molecule has 6 heteroatoms. The Hall–Kier alpha value is -2.70. The molecule has 1 N–H and O–H groups in total. The van der Waals surface area contributed by atoms with Gasteiger partial charge in [0, 0.05) is 18.2 Å². The van der Waals surface area contributed by atoms with E-state index in [-0.39, 0.29) is 17.9 Å². The van der Waals surface area contributed by atoms with E-state index < -0.39 is 0 Å². The number of carbonyl (C=O) groups is 1. The fourth-order valence-electron chi connectivity index (χ4n) is 6.57. The Bertz CT molecular complexity index is 1290. The lowest BCUT2D eigenvalue weighted by Crippen LogP contribution is -2.41. The van der Waals surface area contributed by atoms with Crippen molar-refractivity contribution in [1.82, 2.24) is 4.98 Å². The highest BCUT2D eigenvalue weighted by atomic mass is 32.1. The molecule has 0 radical (unpaired) electrons. The fraction of sp³-hybridized carbons (Fsp3) is 0.515. The van der Waals surface area contributed by atoms with Gasteiger partial charge in [-0.15, -0.1) is 11.3 Å². The lowest BCUT2D eigenvalue weighted by Gasteiger charge is -2.36. The Morgan fingerprint density at radius 1 is 1.00 bits per heavy atom. The first kappa shape index (κ1) is 27.9. The molecule has 5 nitrogen and oxygen atoms in total. The van der Waals surface area contributed by atoms with Crippen molar-refractivity contribution >= 4 is 22.9 Å². The van der Waals surface area contributed by atoms with E-state index in [9.17, 15) is 9.90 Å². The van der Waals surface area contributed by atoms with Crippen LogP contribution >= 0.6 is 11.3 Å². The third-order valence-corrected chi connectivity index (χ3v) is 9.94. The topological polar surface area (TPSA) is 62.7 Å². The second-order valence-electron chi connectivity index (χ2n) is 11.6. The van der Waals surface area contributed by atoms with Crippen molar-refractivity contribution in [2.45, 2.75) is 84.2 Å². The van der Waals surface area contributed by atoms with Gasteiger partial charge in [-0.2, -0.15) is 0 Å². The van der Waals surface area contributed by atoms with Gasteiger partial charge in [0.1, 0.15) is 5.75 Å². The van der Waals surface area contributed by atoms with E-state index in [2.05, 4.69) is 66.2 Å². The minimum atomic E-state index is -0.264. The molecule has 2 fully saturated rings. The van der Waals surface area contributed by atoms with Crippen molar-refractivity contribution in [1.29, 1.82) is 0 Å². The van der Waals surface area contributed by atoms with Crippen molar-refractivity contribution < 1.29 is 14.6 Å². The maximum atomic E-state index is 14.0. The van der Waals surface area contributed by atoms with Gasteiger partial charge in [0.25, 0.3) is 0 Å². The second kappa shape index (κ2) is 12.2. The summed E-state index contributed by atoms with van der Waals surface area (Å²) >= 11 is 1.71. The number of carbonyl (C=O) groups excluding carboxylic acids is 1. The van der Waals surface area contributed by atoms with Gasteiger partial charge in [0.2, 0.25) is 5.91 Å². The van der Waals surface area contributed by atoms with Gasteiger partial charge < -0.3 is 14.7 Å². The summed E-state index contributed by atoms with van der Waals surface area (Å²) in [6, 6.07) is 15.1. The summed E-state index contributed by atoms with van der Waals surface area (Å²) in [5.41, 5.74) is 5.76. The van der Waals surface area contributed by atoms with Gasteiger partial charge in [-0.05, 0) is 119 Å². The largest absolute Gasteiger partial charge is 0.496 e. The van der Waals surface area contributed by atoms with E-state index in [1.807, 2.05) is 6.92 Å². The van der Waals surface area contributed by atoms with Gasteiger partial charge in [0.15, 0.2) is 0 Å². The number of aliphatic hydroxyl groups excluding tert-OH is 1. The van der Waals surface area contributed by atoms with Gasteiger partial charge in [-0.25, -0.2) is 4.98 Å². The molecular formula is C33H42N2O3S. The summed E-state index contributed by atoms with van der Waals surface area (Å²) in [4.78, 5) is 21.9. The minimum Gasteiger partial charge on any atom is -0.496 e. The highest BCUT2D eigenvalue weighted by Crippen LogP contribution is 2.39. The van der Waals surface area contributed by atoms with Crippen molar-refractivity contribution in [3.63, 3.8) is 0 Å². The predicted molar refractivity (Wildman–Crippen MR) is 160 cm³/mol. The lowest BCUT2D eigenvalue weighted by atomic mass is 9.78. The molecule has 1 heterocycles. The van der Waals surface area contributed by atoms with E-state index >= 15 is 0 Å². The molecule has 1 amide bonds. The van der Waals surface area contributed by atoms with Crippen LogP contribution in [-0.2, 0) is 4.79 Å². The molecule has 0 unspecified atom stereocenters. The Labute approximate surface area is 237 Å². The zero-order valence-electron chi connectivity index (χ0n) is 23.8. The van der Waals surface area contributed by atoms with Gasteiger partial charge in [-0.1, -0.05) is 24.3 Å². The maximum Gasteiger partial charge on any atom is 0.230 e. The normalized spacial score (nSPS) is 23.4. The van der Waals surface area contributed by atoms with E-state index in [0.717, 1.165) is 85.6 Å². The standard InChI is InChI=1S/C33H42N2O3S/c1-21-18-27(14-17-31(21)38-4)25-10-8-24(9-11-25)20-35(33(37)26-12-15-30(36)16-13-26)29-7-5-6-28(19-29)32-22(2)34-23(3)39-32/h5-7,14,17-19,24-26,30,36H,8-13,15-16,20H2,1-4H3/t24-,25-,26-,30-. The molecule has 3 aromatic rings. The summed E-state index contributed by atoms with van der Waals surface area (Å²) in [5.74, 6) is 2.21. The average molecular weight is 547 g/mol. The molecule has 0 atom stereocenters. The number of amides is 1. The van der Waals surface area contributed by atoms with Crippen molar-refractivity contribution in [2.24, 2.45) is 11.8 Å². The zero-order chi connectivity index (χ0) is 27.5. The third-order valence-electron chi connectivity index (χ3n) is 8.81. The van der Waals surface area contributed by atoms with Crippen molar-refractivity contribution in [2.75, 3.05) is 18.6 Å². The molecule has 2 aliphatic rings. The van der Waals surface area contributed by atoms with E-state index in [1.165, 1.54) is 16.0 Å². The molecule has 2 aromatic carbocycles. The molecular weight excluding hydrogens is 504 g/mol.